The molecule has 1 fully saturated rings. The Morgan fingerprint density at radius 1 is 1.25 bits per heavy atom. The van der Waals surface area contributed by atoms with Crippen molar-refractivity contribution >= 4 is 57.3 Å². The van der Waals surface area contributed by atoms with Gasteiger partial charge in [-0.1, -0.05) is 48.4 Å². The molecule has 128 valence electrons. The van der Waals surface area contributed by atoms with Crippen LogP contribution in [0.3, 0.4) is 0 Å². The standard InChI is InChI=1S/C17H19ClN2O2S2/c18-13-9-14-11(8-16(22)19-14)7-12(13)15(21)10-24-17(23)20-5-3-1-2-4-6-20/h7,9H,1-6,8,10H2,(H,19,22). The number of ketones is 1. The van der Waals surface area contributed by atoms with E-state index in [0.29, 0.717) is 22.7 Å². The lowest BCUT2D eigenvalue weighted by Crippen LogP contribution is -2.29. The summed E-state index contributed by atoms with van der Waals surface area (Å²) in [6.45, 7) is 1.96. The topological polar surface area (TPSA) is 49.4 Å². The van der Waals surface area contributed by atoms with Gasteiger partial charge in [0.25, 0.3) is 0 Å². The van der Waals surface area contributed by atoms with Crippen LogP contribution < -0.4 is 5.32 Å². The minimum absolute atomic E-state index is 0.0516. The second-order valence-electron chi connectivity index (χ2n) is 6.09. The van der Waals surface area contributed by atoms with E-state index in [1.165, 1.54) is 24.6 Å². The minimum atomic E-state index is -0.0672. The quantitative estimate of drug-likeness (QED) is 0.634. The first-order valence-corrected chi connectivity index (χ1v) is 9.89. The van der Waals surface area contributed by atoms with Crippen molar-refractivity contribution in [2.75, 3.05) is 24.2 Å². The van der Waals surface area contributed by atoms with E-state index in [-0.39, 0.29) is 17.4 Å². The summed E-state index contributed by atoms with van der Waals surface area (Å²) in [4.78, 5) is 26.2. The number of fused-ring (bicyclic) bond motifs is 1. The minimum Gasteiger partial charge on any atom is -0.358 e. The van der Waals surface area contributed by atoms with Gasteiger partial charge in [0.2, 0.25) is 5.91 Å². The molecule has 4 nitrogen and oxygen atoms in total. The van der Waals surface area contributed by atoms with Crippen LogP contribution in [0, 0.1) is 0 Å². The lowest BCUT2D eigenvalue weighted by atomic mass is 10.1. The van der Waals surface area contributed by atoms with Crippen LogP contribution in [0.5, 0.6) is 0 Å². The maximum absolute atomic E-state index is 12.5. The maximum Gasteiger partial charge on any atom is 0.228 e. The summed E-state index contributed by atoms with van der Waals surface area (Å²) in [5.41, 5.74) is 2.00. The number of anilines is 1. The molecule has 1 saturated heterocycles. The molecule has 3 rings (SSSR count). The Labute approximate surface area is 156 Å². The van der Waals surface area contributed by atoms with E-state index in [4.69, 9.17) is 23.8 Å². The summed E-state index contributed by atoms with van der Waals surface area (Å²) in [6, 6.07) is 3.39. The molecular formula is C17H19ClN2O2S2. The number of carbonyl (C=O) groups is 2. The third-order valence-corrected chi connectivity index (χ3v) is 6.15. The normalized spacial score (nSPS) is 17.2. The third kappa shape index (κ3) is 4.10. The Bertz CT molecular complexity index is 685. The Balaban J connectivity index is 1.62. The highest BCUT2D eigenvalue weighted by molar-refractivity contribution is 8.23. The molecular weight excluding hydrogens is 364 g/mol. The number of Topliss-reactive ketones (excluding diaryl/α,β-unsaturated/α-hetero) is 1. The molecule has 1 aromatic carbocycles. The third-order valence-electron chi connectivity index (χ3n) is 4.31. The van der Waals surface area contributed by atoms with Gasteiger partial charge in [-0.2, -0.15) is 0 Å². The van der Waals surface area contributed by atoms with Crippen molar-refractivity contribution in [2.45, 2.75) is 32.1 Å². The van der Waals surface area contributed by atoms with E-state index in [0.717, 1.165) is 35.8 Å². The molecule has 0 unspecified atom stereocenters. The highest BCUT2D eigenvalue weighted by atomic mass is 35.5. The van der Waals surface area contributed by atoms with Gasteiger partial charge in [0.15, 0.2) is 5.78 Å². The average Bonchev–Trinajstić information content (AvgIpc) is 2.76. The van der Waals surface area contributed by atoms with E-state index in [1.807, 2.05) is 0 Å². The first-order chi connectivity index (χ1) is 11.5. The maximum atomic E-state index is 12.5. The van der Waals surface area contributed by atoms with Gasteiger partial charge in [-0.3, -0.25) is 9.59 Å². The number of carbonyl (C=O) groups excluding carboxylic acids is 2. The summed E-state index contributed by atoms with van der Waals surface area (Å²) in [6.07, 6.45) is 5.12. The van der Waals surface area contributed by atoms with Gasteiger partial charge < -0.3 is 10.2 Å². The number of nitrogens with one attached hydrogen (secondary N) is 1. The van der Waals surface area contributed by atoms with E-state index in [2.05, 4.69) is 10.2 Å². The largest absolute Gasteiger partial charge is 0.358 e. The lowest BCUT2D eigenvalue weighted by molar-refractivity contribution is -0.115. The van der Waals surface area contributed by atoms with Crippen molar-refractivity contribution in [1.29, 1.82) is 0 Å². The zero-order valence-electron chi connectivity index (χ0n) is 13.3. The summed E-state index contributed by atoms with van der Waals surface area (Å²) < 4.78 is 0.791. The molecule has 24 heavy (non-hydrogen) atoms. The first kappa shape index (κ1) is 17.7. The highest BCUT2D eigenvalue weighted by Crippen LogP contribution is 2.30. The number of thioether (sulfide) groups is 1. The monoisotopic (exact) mass is 382 g/mol. The molecule has 2 aliphatic heterocycles. The molecule has 0 bridgehead atoms. The Morgan fingerprint density at radius 2 is 1.96 bits per heavy atom. The van der Waals surface area contributed by atoms with Crippen LogP contribution in [0.2, 0.25) is 5.02 Å². The van der Waals surface area contributed by atoms with Crippen LogP contribution in [0.1, 0.15) is 41.6 Å². The molecule has 0 spiro atoms. The van der Waals surface area contributed by atoms with Gasteiger partial charge in [-0.25, -0.2) is 0 Å². The van der Waals surface area contributed by atoms with Crippen LogP contribution >= 0.6 is 35.6 Å². The predicted octanol–water partition coefficient (Wildman–Crippen LogP) is 3.91. The first-order valence-electron chi connectivity index (χ1n) is 8.12. The Kier molecular flexibility index (Phi) is 5.79. The molecule has 0 atom stereocenters. The smallest absolute Gasteiger partial charge is 0.228 e. The molecule has 0 aliphatic carbocycles. The van der Waals surface area contributed by atoms with Gasteiger partial charge >= 0.3 is 0 Å². The predicted molar refractivity (Wildman–Crippen MR) is 103 cm³/mol. The Hall–Kier alpha value is -1.11. The molecule has 7 heteroatoms. The summed E-state index contributed by atoms with van der Waals surface area (Å²) in [5, 5.41) is 3.11. The number of benzene rings is 1. The summed E-state index contributed by atoms with van der Waals surface area (Å²) in [5.74, 6) is 0.154. The fraction of sp³-hybridized carbons (Fsp3) is 0.471. The van der Waals surface area contributed by atoms with Crippen molar-refractivity contribution in [3.05, 3.63) is 28.3 Å². The number of rotatable bonds is 3. The number of halogens is 1. The van der Waals surface area contributed by atoms with E-state index >= 15 is 0 Å². The van der Waals surface area contributed by atoms with Gasteiger partial charge in [-0.15, -0.1) is 0 Å². The van der Waals surface area contributed by atoms with Crippen LogP contribution in [-0.2, 0) is 11.2 Å². The molecule has 0 radical (unpaired) electrons. The molecule has 2 heterocycles. The van der Waals surface area contributed by atoms with E-state index in [1.54, 1.807) is 12.1 Å². The second kappa shape index (κ2) is 7.85. The molecule has 0 aromatic heterocycles. The average molecular weight is 383 g/mol. The molecule has 2 aliphatic rings. The van der Waals surface area contributed by atoms with Gasteiger partial charge in [0.1, 0.15) is 4.32 Å². The van der Waals surface area contributed by atoms with E-state index in [9.17, 15) is 9.59 Å². The summed E-state index contributed by atoms with van der Waals surface area (Å²) in [7, 11) is 0. The van der Waals surface area contributed by atoms with Crippen molar-refractivity contribution < 1.29 is 9.59 Å². The number of hydrogen-bond donors (Lipinski definition) is 1. The SMILES string of the molecule is O=C1Cc2cc(C(=O)CSC(=S)N3CCCCCC3)c(Cl)cc2N1. The van der Waals surface area contributed by atoms with Crippen LogP contribution in [0.4, 0.5) is 5.69 Å². The van der Waals surface area contributed by atoms with Crippen LogP contribution in [0.25, 0.3) is 0 Å². The zero-order chi connectivity index (χ0) is 17.1. The number of amides is 1. The molecule has 1 N–H and O–H groups in total. The number of nitrogens with zero attached hydrogens (tertiary/aromatic N) is 1. The van der Waals surface area contributed by atoms with Gasteiger partial charge in [-0.05, 0) is 30.5 Å². The molecule has 1 aromatic rings. The fourth-order valence-electron chi connectivity index (χ4n) is 3.01. The lowest BCUT2D eigenvalue weighted by Gasteiger charge is -2.22. The zero-order valence-corrected chi connectivity index (χ0v) is 15.7. The van der Waals surface area contributed by atoms with Gasteiger partial charge in [0.05, 0.1) is 17.2 Å². The van der Waals surface area contributed by atoms with Crippen LogP contribution in [-0.4, -0.2) is 39.8 Å². The van der Waals surface area contributed by atoms with Crippen molar-refractivity contribution in [1.82, 2.24) is 4.90 Å². The number of likely N-dealkylation sites (tertiary alicyclic amines) is 1. The van der Waals surface area contributed by atoms with Crippen molar-refractivity contribution in [2.24, 2.45) is 0 Å². The number of hydrogen-bond acceptors (Lipinski definition) is 4. The van der Waals surface area contributed by atoms with Crippen molar-refractivity contribution in [3.63, 3.8) is 0 Å². The number of thiocarbonyl (C=S) groups is 1. The molecule has 1 amide bonds. The van der Waals surface area contributed by atoms with Crippen molar-refractivity contribution in [3.8, 4) is 0 Å². The van der Waals surface area contributed by atoms with Crippen LogP contribution in [0.15, 0.2) is 12.1 Å². The highest BCUT2D eigenvalue weighted by Gasteiger charge is 2.22. The fourth-order valence-corrected chi connectivity index (χ4v) is 4.41. The second-order valence-corrected chi connectivity index (χ2v) is 8.11. The summed E-state index contributed by atoms with van der Waals surface area (Å²) >= 11 is 13.1. The van der Waals surface area contributed by atoms with E-state index < -0.39 is 0 Å². The van der Waals surface area contributed by atoms with Gasteiger partial charge in [0, 0.05) is 24.3 Å². The Morgan fingerprint density at radius 3 is 2.67 bits per heavy atom. The molecule has 0 saturated carbocycles.